The van der Waals surface area contributed by atoms with Crippen LogP contribution in [0.25, 0.3) is 27.5 Å². The van der Waals surface area contributed by atoms with E-state index in [4.69, 9.17) is 0 Å². The molecule has 0 aliphatic rings. The minimum atomic E-state index is 0.242. The van der Waals surface area contributed by atoms with E-state index in [2.05, 4.69) is 20.5 Å². The first kappa shape index (κ1) is 16.3. The number of phenolic OH excluding ortho intramolecular Hbond substituents is 1. The summed E-state index contributed by atoms with van der Waals surface area (Å²) in [5.74, 6) is 0.963. The molecule has 136 valence electrons. The number of rotatable bonds is 3. The van der Waals surface area contributed by atoms with E-state index in [1.807, 2.05) is 66.1 Å². The van der Waals surface area contributed by atoms with Crippen molar-refractivity contribution in [3.05, 3.63) is 78.8 Å². The predicted molar refractivity (Wildman–Crippen MR) is 110 cm³/mol. The second-order valence-corrected chi connectivity index (χ2v) is 6.64. The van der Waals surface area contributed by atoms with Crippen molar-refractivity contribution >= 4 is 33.3 Å². The highest BCUT2D eigenvalue weighted by Crippen LogP contribution is 2.27. The number of hydrogen-bond donors (Lipinski definition) is 2. The van der Waals surface area contributed by atoms with Crippen molar-refractivity contribution in [1.29, 1.82) is 0 Å². The summed E-state index contributed by atoms with van der Waals surface area (Å²) in [5.41, 5.74) is 4.59. The van der Waals surface area contributed by atoms with Gasteiger partial charge in [0.05, 0.1) is 16.7 Å². The number of hydrogen-bond acceptors (Lipinski definition) is 5. The molecule has 28 heavy (non-hydrogen) atoms. The monoisotopic (exact) mass is 367 g/mol. The quantitative estimate of drug-likeness (QED) is 0.482. The highest BCUT2D eigenvalue weighted by molar-refractivity contribution is 5.94. The highest BCUT2D eigenvalue weighted by Gasteiger charge is 2.09. The maximum atomic E-state index is 9.49. The Morgan fingerprint density at radius 3 is 2.50 bits per heavy atom. The van der Waals surface area contributed by atoms with Crippen molar-refractivity contribution in [2.24, 2.45) is 0 Å². The van der Waals surface area contributed by atoms with Crippen LogP contribution in [0.15, 0.2) is 73.1 Å². The molecular weight excluding hydrogens is 350 g/mol. The number of aromatic nitrogens is 4. The summed E-state index contributed by atoms with van der Waals surface area (Å²) in [6.07, 6.45) is 1.78. The van der Waals surface area contributed by atoms with Crippen LogP contribution in [-0.2, 0) is 0 Å². The first-order chi connectivity index (χ1) is 13.7. The van der Waals surface area contributed by atoms with Gasteiger partial charge in [0.2, 0.25) is 0 Å². The van der Waals surface area contributed by atoms with Crippen molar-refractivity contribution < 1.29 is 5.11 Å². The Morgan fingerprint density at radius 2 is 1.68 bits per heavy atom. The topological polar surface area (TPSA) is 75.9 Å². The second-order valence-electron chi connectivity index (χ2n) is 6.64. The summed E-state index contributed by atoms with van der Waals surface area (Å²) in [4.78, 5) is 4.52. The van der Waals surface area contributed by atoms with Gasteiger partial charge in [0.1, 0.15) is 12.1 Å². The number of phenols is 1. The molecule has 0 unspecified atom stereocenters. The molecule has 2 N–H and O–H groups in total. The lowest BCUT2D eigenvalue weighted by molar-refractivity contribution is 0.475. The van der Waals surface area contributed by atoms with Gasteiger partial charge in [-0.3, -0.25) is 4.57 Å². The number of aromatic hydroxyl groups is 1. The van der Waals surface area contributed by atoms with Gasteiger partial charge < -0.3 is 10.4 Å². The number of fused-ring (bicyclic) bond motifs is 2. The molecule has 5 rings (SSSR count). The number of benzene rings is 3. The molecule has 0 saturated carbocycles. The third-order valence-corrected chi connectivity index (χ3v) is 4.81. The van der Waals surface area contributed by atoms with E-state index in [-0.39, 0.29) is 5.75 Å². The summed E-state index contributed by atoms with van der Waals surface area (Å²) >= 11 is 0. The van der Waals surface area contributed by atoms with Gasteiger partial charge in [0, 0.05) is 22.1 Å². The van der Waals surface area contributed by atoms with Gasteiger partial charge in [-0.1, -0.05) is 24.3 Å². The molecule has 0 fully saturated rings. The van der Waals surface area contributed by atoms with E-state index in [1.54, 1.807) is 18.5 Å². The number of nitrogens with one attached hydrogen (secondary N) is 1. The first-order valence-electron chi connectivity index (χ1n) is 8.94. The molecule has 0 atom stereocenters. The summed E-state index contributed by atoms with van der Waals surface area (Å²) in [6.45, 7) is 1.96. The first-order valence-corrected chi connectivity index (χ1v) is 8.94. The van der Waals surface area contributed by atoms with E-state index in [0.29, 0.717) is 0 Å². The van der Waals surface area contributed by atoms with Crippen molar-refractivity contribution in [2.45, 2.75) is 6.92 Å². The molecule has 0 saturated heterocycles. The molecule has 0 aliphatic carbocycles. The molecule has 0 spiro atoms. The maximum Gasteiger partial charge on any atom is 0.160 e. The molecule has 2 heterocycles. The molecule has 3 aromatic carbocycles. The van der Waals surface area contributed by atoms with Gasteiger partial charge in [0.25, 0.3) is 0 Å². The molecule has 6 nitrogen and oxygen atoms in total. The average molecular weight is 367 g/mol. The van der Waals surface area contributed by atoms with E-state index in [9.17, 15) is 5.11 Å². The molecule has 6 heteroatoms. The normalized spacial score (nSPS) is 11.2. The molecule has 5 aromatic rings. The second kappa shape index (κ2) is 6.35. The summed E-state index contributed by atoms with van der Waals surface area (Å²) in [5, 5.41) is 23.6. The highest BCUT2D eigenvalue weighted by atomic mass is 16.3. The van der Waals surface area contributed by atoms with Crippen LogP contribution in [0.2, 0.25) is 0 Å². The third kappa shape index (κ3) is 2.72. The Kier molecular flexibility index (Phi) is 3.69. The van der Waals surface area contributed by atoms with Gasteiger partial charge in [-0.25, -0.2) is 4.98 Å². The Labute approximate surface area is 161 Å². The molecular formula is C22H17N5O. The van der Waals surface area contributed by atoms with Crippen LogP contribution in [0.3, 0.4) is 0 Å². The Balaban J connectivity index is 1.53. The number of nitrogens with zero attached hydrogens (tertiary/aromatic N) is 4. The lowest BCUT2D eigenvalue weighted by atomic mass is 10.1. The number of anilines is 2. The SMILES string of the molecule is Cc1nnc(Nc2ccc3c(c2)ncn3-c2ccc(O)cc2)c2ccccc12. The van der Waals surface area contributed by atoms with Crippen LogP contribution in [-0.4, -0.2) is 24.9 Å². The fourth-order valence-corrected chi connectivity index (χ4v) is 3.38. The standard InChI is InChI=1S/C22H17N5O/c1-14-18-4-2-3-5-19(18)22(26-25-14)24-15-6-11-21-20(12-15)23-13-27(21)16-7-9-17(28)10-8-16/h2-13,28H,1H3,(H,24,26). The van der Waals surface area contributed by atoms with Crippen LogP contribution in [0.5, 0.6) is 5.75 Å². The van der Waals surface area contributed by atoms with Gasteiger partial charge in [-0.15, -0.1) is 5.10 Å². The fraction of sp³-hybridized carbons (Fsp3) is 0.0455. The number of aryl methyl sites for hydroxylation is 1. The van der Waals surface area contributed by atoms with Crippen molar-refractivity contribution in [3.8, 4) is 11.4 Å². The third-order valence-electron chi connectivity index (χ3n) is 4.81. The Morgan fingerprint density at radius 1 is 0.893 bits per heavy atom. The van der Waals surface area contributed by atoms with Crippen LogP contribution in [0.4, 0.5) is 11.5 Å². The van der Waals surface area contributed by atoms with Crippen molar-refractivity contribution in [1.82, 2.24) is 19.7 Å². The van der Waals surface area contributed by atoms with Crippen LogP contribution in [0, 0.1) is 6.92 Å². The predicted octanol–water partition coefficient (Wildman–Crippen LogP) is 4.73. The van der Waals surface area contributed by atoms with E-state index < -0.39 is 0 Å². The van der Waals surface area contributed by atoms with Gasteiger partial charge in [-0.2, -0.15) is 5.10 Å². The van der Waals surface area contributed by atoms with E-state index in [0.717, 1.165) is 44.7 Å². The van der Waals surface area contributed by atoms with Crippen molar-refractivity contribution in [3.63, 3.8) is 0 Å². The zero-order valence-corrected chi connectivity index (χ0v) is 15.2. The molecule has 0 aliphatic heterocycles. The van der Waals surface area contributed by atoms with Crippen LogP contribution >= 0.6 is 0 Å². The largest absolute Gasteiger partial charge is 0.508 e. The van der Waals surface area contributed by atoms with Gasteiger partial charge in [0.15, 0.2) is 5.82 Å². The molecule has 2 aromatic heterocycles. The van der Waals surface area contributed by atoms with Crippen LogP contribution < -0.4 is 5.32 Å². The average Bonchev–Trinajstić information content (AvgIpc) is 3.14. The van der Waals surface area contributed by atoms with Gasteiger partial charge >= 0.3 is 0 Å². The summed E-state index contributed by atoms with van der Waals surface area (Å²) in [7, 11) is 0. The van der Waals surface area contributed by atoms with Crippen LogP contribution in [0.1, 0.15) is 5.69 Å². The molecule has 0 amide bonds. The van der Waals surface area contributed by atoms with E-state index >= 15 is 0 Å². The molecule has 0 radical (unpaired) electrons. The smallest absolute Gasteiger partial charge is 0.160 e. The summed E-state index contributed by atoms with van der Waals surface area (Å²) in [6, 6.07) is 21.1. The minimum Gasteiger partial charge on any atom is -0.508 e. The molecule has 0 bridgehead atoms. The van der Waals surface area contributed by atoms with Crippen molar-refractivity contribution in [2.75, 3.05) is 5.32 Å². The zero-order valence-electron chi connectivity index (χ0n) is 15.2. The van der Waals surface area contributed by atoms with E-state index in [1.165, 1.54) is 0 Å². The minimum absolute atomic E-state index is 0.242. The fourth-order valence-electron chi connectivity index (χ4n) is 3.38. The Bertz CT molecular complexity index is 1310. The maximum absolute atomic E-state index is 9.49. The summed E-state index contributed by atoms with van der Waals surface area (Å²) < 4.78 is 1.99. The number of imidazole rings is 1. The zero-order chi connectivity index (χ0) is 19.1. The lowest BCUT2D eigenvalue weighted by Crippen LogP contribution is -1.99. The lowest BCUT2D eigenvalue weighted by Gasteiger charge is -2.10. The Hall–Kier alpha value is -3.93. The van der Waals surface area contributed by atoms with Gasteiger partial charge in [-0.05, 0) is 49.4 Å².